The monoisotopic (exact) mass is 276 g/mol. The van der Waals surface area contributed by atoms with Crippen molar-refractivity contribution in [2.24, 2.45) is 0 Å². The number of nitrogens with one attached hydrogen (secondary N) is 1. The van der Waals surface area contributed by atoms with E-state index in [1.54, 1.807) is 12.4 Å². The second-order valence-corrected chi connectivity index (χ2v) is 4.27. The number of pyridine rings is 1. The minimum absolute atomic E-state index is 0.0995. The summed E-state index contributed by atoms with van der Waals surface area (Å²) >= 11 is 0. The summed E-state index contributed by atoms with van der Waals surface area (Å²) in [6.07, 6.45) is 0.466. The van der Waals surface area contributed by atoms with E-state index >= 15 is 0 Å². The first-order chi connectivity index (χ1) is 9.01. The molecule has 1 heterocycles. The molecule has 1 aromatic rings. The number of hydrogen-bond acceptors (Lipinski definition) is 3. The number of hydrogen-bond donors (Lipinski definition) is 1. The van der Waals surface area contributed by atoms with E-state index < -0.39 is 12.8 Å². The third kappa shape index (κ3) is 7.79. The molecule has 0 aliphatic rings. The minimum atomic E-state index is -4.25. The van der Waals surface area contributed by atoms with E-state index in [1.807, 2.05) is 19.1 Å². The molecule has 1 N–H and O–H groups in total. The van der Waals surface area contributed by atoms with Crippen LogP contribution >= 0.6 is 0 Å². The molecule has 6 heteroatoms. The van der Waals surface area contributed by atoms with Crippen LogP contribution in [0.15, 0.2) is 24.5 Å². The Morgan fingerprint density at radius 1 is 1.32 bits per heavy atom. The zero-order chi connectivity index (χ0) is 14.1. The number of nitrogens with zero attached hydrogens (tertiary/aromatic N) is 1. The van der Waals surface area contributed by atoms with E-state index in [0.29, 0.717) is 6.42 Å². The van der Waals surface area contributed by atoms with Crippen molar-refractivity contribution in [3.05, 3.63) is 30.1 Å². The Kier molecular flexibility index (Phi) is 6.80. The maximum atomic E-state index is 11.9. The Morgan fingerprint density at radius 3 is 2.58 bits per heavy atom. The molecule has 108 valence electrons. The second kappa shape index (κ2) is 8.12. The molecule has 1 aromatic heterocycles. The summed E-state index contributed by atoms with van der Waals surface area (Å²) in [4.78, 5) is 3.93. The molecule has 0 aliphatic carbocycles. The highest BCUT2D eigenvalue weighted by molar-refractivity contribution is 5.11. The highest BCUT2D eigenvalue weighted by atomic mass is 19.4. The average Bonchev–Trinajstić information content (AvgIpc) is 2.35. The fourth-order valence-corrected chi connectivity index (χ4v) is 1.78. The molecule has 0 saturated carbocycles. The molecule has 1 rings (SSSR count). The van der Waals surface area contributed by atoms with Gasteiger partial charge in [0, 0.05) is 25.0 Å². The van der Waals surface area contributed by atoms with Gasteiger partial charge in [0.15, 0.2) is 0 Å². The van der Waals surface area contributed by atoms with Gasteiger partial charge in [-0.3, -0.25) is 4.98 Å². The molecule has 19 heavy (non-hydrogen) atoms. The smallest absolute Gasteiger partial charge is 0.372 e. The summed E-state index contributed by atoms with van der Waals surface area (Å²) in [5.41, 5.74) is 1.11. The summed E-state index contributed by atoms with van der Waals surface area (Å²) in [6.45, 7) is 1.66. The van der Waals surface area contributed by atoms with Gasteiger partial charge in [-0.05, 0) is 37.1 Å². The zero-order valence-corrected chi connectivity index (χ0v) is 10.9. The van der Waals surface area contributed by atoms with Crippen LogP contribution in [-0.2, 0) is 11.2 Å². The van der Waals surface area contributed by atoms with Crippen molar-refractivity contribution < 1.29 is 17.9 Å². The SMILES string of the molecule is CCNC(CCOCC(F)(F)F)Cc1ccncc1. The van der Waals surface area contributed by atoms with Crippen LogP contribution in [0.25, 0.3) is 0 Å². The first-order valence-corrected chi connectivity index (χ1v) is 6.28. The van der Waals surface area contributed by atoms with Gasteiger partial charge in [-0.25, -0.2) is 0 Å². The second-order valence-electron chi connectivity index (χ2n) is 4.27. The predicted molar refractivity (Wildman–Crippen MR) is 66.9 cm³/mol. The number of likely N-dealkylation sites (N-methyl/N-ethyl adjacent to an activating group) is 1. The van der Waals surface area contributed by atoms with Gasteiger partial charge in [0.2, 0.25) is 0 Å². The van der Waals surface area contributed by atoms with E-state index in [4.69, 9.17) is 0 Å². The topological polar surface area (TPSA) is 34.1 Å². The van der Waals surface area contributed by atoms with E-state index in [1.165, 1.54) is 0 Å². The molecule has 0 aliphatic heterocycles. The lowest BCUT2D eigenvalue weighted by atomic mass is 10.0. The molecule has 1 unspecified atom stereocenters. The van der Waals surface area contributed by atoms with Crippen molar-refractivity contribution in [3.63, 3.8) is 0 Å². The van der Waals surface area contributed by atoms with Crippen LogP contribution in [0, 0.1) is 0 Å². The van der Waals surface area contributed by atoms with Crippen LogP contribution in [0.2, 0.25) is 0 Å². The van der Waals surface area contributed by atoms with Gasteiger partial charge in [0.1, 0.15) is 6.61 Å². The summed E-state index contributed by atoms with van der Waals surface area (Å²) < 4.78 is 40.4. The Hall–Kier alpha value is -1.14. The highest BCUT2D eigenvalue weighted by Crippen LogP contribution is 2.14. The van der Waals surface area contributed by atoms with Crippen LogP contribution in [-0.4, -0.2) is 37.0 Å². The van der Waals surface area contributed by atoms with Crippen LogP contribution < -0.4 is 5.32 Å². The molecule has 0 amide bonds. The number of aromatic nitrogens is 1. The Bertz CT molecular complexity index is 343. The third-order valence-electron chi connectivity index (χ3n) is 2.60. The van der Waals surface area contributed by atoms with Gasteiger partial charge < -0.3 is 10.1 Å². The van der Waals surface area contributed by atoms with Gasteiger partial charge in [0.25, 0.3) is 0 Å². The van der Waals surface area contributed by atoms with E-state index in [9.17, 15) is 13.2 Å². The summed E-state index contributed by atoms with van der Waals surface area (Å²) in [6, 6.07) is 3.92. The van der Waals surface area contributed by atoms with E-state index in [0.717, 1.165) is 18.5 Å². The summed E-state index contributed by atoms with van der Waals surface area (Å²) in [7, 11) is 0. The lowest BCUT2D eigenvalue weighted by Crippen LogP contribution is -2.32. The number of alkyl halides is 3. The maximum Gasteiger partial charge on any atom is 0.411 e. The molecule has 0 bridgehead atoms. The van der Waals surface area contributed by atoms with Gasteiger partial charge in [-0.1, -0.05) is 6.92 Å². The van der Waals surface area contributed by atoms with Crippen molar-refractivity contribution >= 4 is 0 Å². The van der Waals surface area contributed by atoms with Crippen molar-refractivity contribution in [3.8, 4) is 0 Å². The Balaban J connectivity index is 2.32. The largest absolute Gasteiger partial charge is 0.411 e. The van der Waals surface area contributed by atoms with Gasteiger partial charge in [0.05, 0.1) is 0 Å². The molecular weight excluding hydrogens is 257 g/mol. The van der Waals surface area contributed by atoms with Crippen LogP contribution in [0.1, 0.15) is 18.9 Å². The quantitative estimate of drug-likeness (QED) is 0.741. The summed E-state index contributed by atoms with van der Waals surface area (Å²) in [5, 5.41) is 3.25. The Labute approximate surface area is 111 Å². The maximum absolute atomic E-state index is 11.9. The van der Waals surface area contributed by atoms with E-state index in [-0.39, 0.29) is 12.6 Å². The molecule has 0 fully saturated rings. The van der Waals surface area contributed by atoms with Gasteiger partial charge in [-0.2, -0.15) is 13.2 Å². The van der Waals surface area contributed by atoms with Crippen LogP contribution in [0.4, 0.5) is 13.2 Å². The van der Waals surface area contributed by atoms with E-state index in [2.05, 4.69) is 15.0 Å². The lowest BCUT2D eigenvalue weighted by molar-refractivity contribution is -0.174. The first-order valence-electron chi connectivity index (χ1n) is 6.28. The van der Waals surface area contributed by atoms with Crippen LogP contribution in [0.5, 0.6) is 0 Å². The highest BCUT2D eigenvalue weighted by Gasteiger charge is 2.27. The predicted octanol–water partition coefficient (Wildman–Crippen LogP) is 2.57. The molecule has 0 spiro atoms. The fourth-order valence-electron chi connectivity index (χ4n) is 1.78. The van der Waals surface area contributed by atoms with Crippen molar-refractivity contribution in [1.82, 2.24) is 10.3 Å². The minimum Gasteiger partial charge on any atom is -0.372 e. The molecule has 0 saturated heterocycles. The first kappa shape index (κ1) is 15.9. The molecular formula is C13H19F3N2O. The van der Waals surface area contributed by atoms with Crippen LogP contribution in [0.3, 0.4) is 0 Å². The normalized spacial score (nSPS) is 13.5. The number of halogens is 3. The van der Waals surface area contributed by atoms with Crippen molar-refractivity contribution in [1.29, 1.82) is 0 Å². The average molecular weight is 276 g/mol. The fraction of sp³-hybridized carbons (Fsp3) is 0.615. The number of rotatable bonds is 8. The third-order valence-corrected chi connectivity index (χ3v) is 2.60. The molecule has 3 nitrogen and oxygen atoms in total. The number of ether oxygens (including phenoxy) is 1. The van der Waals surface area contributed by atoms with Crippen molar-refractivity contribution in [2.75, 3.05) is 19.8 Å². The summed E-state index contributed by atoms with van der Waals surface area (Å²) in [5.74, 6) is 0. The Morgan fingerprint density at radius 2 is 2.00 bits per heavy atom. The molecule has 0 aromatic carbocycles. The zero-order valence-electron chi connectivity index (χ0n) is 10.9. The molecule has 0 radical (unpaired) electrons. The van der Waals surface area contributed by atoms with Gasteiger partial charge in [-0.15, -0.1) is 0 Å². The van der Waals surface area contributed by atoms with Gasteiger partial charge >= 0.3 is 6.18 Å². The lowest BCUT2D eigenvalue weighted by Gasteiger charge is -2.18. The standard InChI is InChI=1S/C13H19F3N2O/c1-2-18-12(5-8-19-10-13(14,15)16)9-11-3-6-17-7-4-11/h3-4,6-7,12,18H,2,5,8-10H2,1H3. The van der Waals surface area contributed by atoms with Crippen molar-refractivity contribution in [2.45, 2.75) is 32.0 Å². The molecule has 1 atom stereocenters.